The minimum absolute atomic E-state index is 0.187. The monoisotopic (exact) mass is 329 g/mol. The van der Waals surface area contributed by atoms with E-state index >= 15 is 0 Å². The lowest BCUT2D eigenvalue weighted by molar-refractivity contribution is -0.141. The van der Waals surface area contributed by atoms with Gasteiger partial charge >= 0.3 is 5.97 Å². The van der Waals surface area contributed by atoms with E-state index in [1.807, 2.05) is 0 Å². The summed E-state index contributed by atoms with van der Waals surface area (Å²) in [4.78, 5) is 23.1. The average Bonchev–Trinajstić information content (AvgIpc) is 3.10. The Kier molecular flexibility index (Phi) is 4.24. The Bertz CT molecular complexity index is 544. The highest BCUT2D eigenvalue weighted by Gasteiger charge is 2.32. The van der Waals surface area contributed by atoms with Crippen LogP contribution in [0, 0.1) is 11.8 Å². The van der Waals surface area contributed by atoms with Gasteiger partial charge in [-0.05, 0) is 34.2 Å². The topological polar surface area (TPSA) is 73.2 Å². The largest absolute Gasteiger partial charge is 0.468 e. The Balaban J connectivity index is 2.08. The van der Waals surface area contributed by atoms with Gasteiger partial charge in [-0.25, -0.2) is 4.68 Å². The number of carbonyl (C=O) groups is 1. The van der Waals surface area contributed by atoms with Crippen molar-refractivity contribution in [1.29, 1.82) is 0 Å². The summed E-state index contributed by atoms with van der Waals surface area (Å²) in [5.74, 6) is 0.914. The van der Waals surface area contributed by atoms with Gasteiger partial charge in [0.1, 0.15) is 11.0 Å². The summed E-state index contributed by atoms with van der Waals surface area (Å²) in [7, 11) is 1.27. The second-order valence-electron chi connectivity index (χ2n) is 4.77. The van der Waals surface area contributed by atoms with Crippen LogP contribution in [0.25, 0.3) is 0 Å². The summed E-state index contributed by atoms with van der Waals surface area (Å²) >= 11 is 3.24. The van der Waals surface area contributed by atoms with E-state index in [4.69, 9.17) is 0 Å². The number of hydrogen-bond donors (Lipinski definition) is 1. The molecule has 19 heavy (non-hydrogen) atoms. The molecule has 104 valence electrons. The number of nitrogens with zero attached hydrogens (tertiary/aromatic N) is 2. The second-order valence-corrected chi connectivity index (χ2v) is 5.56. The van der Waals surface area contributed by atoms with Gasteiger partial charge in [-0.3, -0.25) is 9.59 Å². The SMILES string of the molecule is COC(=O)Cn1ncc(NCC2CC2C)c(Br)c1=O. The molecule has 0 radical (unpaired) electrons. The smallest absolute Gasteiger partial charge is 0.327 e. The minimum Gasteiger partial charge on any atom is -0.468 e. The lowest BCUT2D eigenvalue weighted by Crippen LogP contribution is -2.28. The lowest BCUT2D eigenvalue weighted by atomic mass is 10.3. The second kappa shape index (κ2) is 5.73. The zero-order valence-electron chi connectivity index (χ0n) is 10.9. The van der Waals surface area contributed by atoms with E-state index < -0.39 is 5.97 Å². The molecular weight excluding hydrogens is 314 g/mol. The molecule has 2 atom stereocenters. The first-order chi connectivity index (χ1) is 9.02. The molecule has 0 saturated heterocycles. The predicted octanol–water partition coefficient (Wildman–Crippen LogP) is 1.25. The summed E-state index contributed by atoms with van der Waals surface area (Å²) < 4.78 is 5.97. The number of methoxy groups -OCH3 is 1. The van der Waals surface area contributed by atoms with Gasteiger partial charge in [0, 0.05) is 6.54 Å². The van der Waals surface area contributed by atoms with E-state index in [1.54, 1.807) is 6.20 Å². The highest BCUT2D eigenvalue weighted by atomic mass is 79.9. The van der Waals surface area contributed by atoms with Gasteiger partial charge in [-0.1, -0.05) is 6.92 Å². The van der Waals surface area contributed by atoms with Crippen LogP contribution in [0.1, 0.15) is 13.3 Å². The van der Waals surface area contributed by atoms with E-state index in [2.05, 4.69) is 38.0 Å². The molecule has 0 aliphatic heterocycles. The van der Waals surface area contributed by atoms with Crippen molar-refractivity contribution < 1.29 is 9.53 Å². The van der Waals surface area contributed by atoms with Crippen LogP contribution in [0.5, 0.6) is 0 Å². The molecule has 0 bridgehead atoms. The number of aromatic nitrogens is 2. The van der Waals surface area contributed by atoms with Gasteiger partial charge in [0.2, 0.25) is 0 Å². The van der Waals surface area contributed by atoms with Crippen LogP contribution in [0.4, 0.5) is 5.69 Å². The molecule has 7 heteroatoms. The third-order valence-electron chi connectivity index (χ3n) is 3.32. The van der Waals surface area contributed by atoms with Gasteiger partial charge in [0.05, 0.1) is 19.0 Å². The van der Waals surface area contributed by atoms with E-state index in [9.17, 15) is 9.59 Å². The molecule has 0 amide bonds. The van der Waals surface area contributed by atoms with Crippen molar-refractivity contribution in [3.63, 3.8) is 0 Å². The molecule has 1 aliphatic carbocycles. The Morgan fingerprint density at radius 1 is 1.68 bits per heavy atom. The van der Waals surface area contributed by atoms with Crippen molar-refractivity contribution in [2.45, 2.75) is 19.9 Å². The molecule has 1 fully saturated rings. The molecule has 2 rings (SSSR count). The summed E-state index contributed by atoms with van der Waals surface area (Å²) in [6.45, 7) is 2.85. The first-order valence-corrected chi connectivity index (χ1v) is 6.88. The van der Waals surface area contributed by atoms with Crippen LogP contribution >= 0.6 is 15.9 Å². The number of rotatable bonds is 5. The van der Waals surface area contributed by atoms with E-state index in [0.717, 1.165) is 17.1 Å². The quantitative estimate of drug-likeness (QED) is 0.823. The Morgan fingerprint density at radius 3 is 2.95 bits per heavy atom. The molecule has 1 aromatic heterocycles. The maximum atomic E-state index is 12.0. The third-order valence-corrected chi connectivity index (χ3v) is 4.09. The van der Waals surface area contributed by atoms with Crippen molar-refractivity contribution in [2.24, 2.45) is 11.8 Å². The van der Waals surface area contributed by atoms with E-state index in [0.29, 0.717) is 16.1 Å². The number of anilines is 1. The summed E-state index contributed by atoms with van der Waals surface area (Å²) in [5.41, 5.74) is 0.310. The fourth-order valence-electron chi connectivity index (χ4n) is 1.81. The zero-order valence-corrected chi connectivity index (χ0v) is 12.4. The normalized spacial score (nSPS) is 21.0. The van der Waals surface area contributed by atoms with Crippen LogP contribution in [-0.4, -0.2) is 29.4 Å². The van der Waals surface area contributed by atoms with Gasteiger partial charge in [0.25, 0.3) is 5.56 Å². The molecule has 1 N–H and O–H groups in total. The molecule has 1 aliphatic rings. The molecule has 1 heterocycles. The molecule has 1 saturated carbocycles. The predicted molar refractivity (Wildman–Crippen MR) is 74.0 cm³/mol. The zero-order chi connectivity index (χ0) is 14.0. The van der Waals surface area contributed by atoms with Crippen molar-refractivity contribution >= 4 is 27.6 Å². The molecule has 1 aromatic rings. The van der Waals surface area contributed by atoms with Crippen molar-refractivity contribution in [2.75, 3.05) is 19.0 Å². The van der Waals surface area contributed by atoms with Crippen molar-refractivity contribution in [1.82, 2.24) is 9.78 Å². The molecule has 0 aromatic carbocycles. The number of ether oxygens (including phenoxy) is 1. The molecular formula is C12H16BrN3O3. The fraction of sp³-hybridized carbons (Fsp3) is 0.583. The van der Waals surface area contributed by atoms with Crippen molar-refractivity contribution in [3.05, 3.63) is 21.0 Å². The third kappa shape index (κ3) is 3.34. The molecule has 0 spiro atoms. The summed E-state index contributed by atoms with van der Waals surface area (Å²) in [6.07, 6.45) is 2.76. The highest BCUT2D eigenvalue weighted by molar-refractivity contribution is 9.10. The number of nitrogens with one attached hydrogen (secondary N) is 1. The Hall–Kier alpha value is -1.37. The van der Waals surface area contributed by atoms with Gasteiger partial charge in [-0.15, -0.1) is 0 Å². The van der Waals surface area contributed by atoms with E-state index in [-0.39, 0.29) is 12.1 Å². The maximum Gasteiger partial charge on any atom is 0.327 e. The minimum atomic E-state index is -0.506. The highest BCUT2D eigenvalue weighted by Crippen LogP contribution is 2.37. The first kappa shape index (κ1) is 14.0. The number of carbonyl (C=O) groups excluding carboxylic acids is 1. The molecule has 6 nitrogen and oxygen atoms in total. The Morgan fingerprint density at radius 2 is 2.37 bits per heavy atom. The van der Waals surface area contributed by atoms with Gasteiger partial charge in [-0.2, -0.15) is 5.10 Å². The number of halogens is 1. The maximum absolute atomic E-state index is 12.0. The summed E-state index contributed by atoms with van der Waals surface area (Å²) in [5, 5.41) is 7.16. The molecule has 2 unspecified atom stereocenters. The Labute approximate surface area is 119 Å². The van der Waals surface area contributed by atoms with E-state index in [1.165, 1.54) is 13.5 Å². The van der Waals surface area contributed by atoms with Gasteiger partial charge < -0.3 is 10.1 Å². The van der Waals surface area contributed by atoms with Crippen LogP contribution in [0.3, 0.4) is 0 Å². The number of esters is 1. The fourth-order valence-corrected chi connectivity index (χ4v) is 2.26. The number of hydrogen-bond acceptors (Lipinski definition) is 5. The van der Waals surface area contributed by atoms with Crippen LogP contribution < -0.4 is 10.9 Å². The first-order valence-electron chi connectivity index (χ1n) is 6.09. The van der Waals surface area contributed by atoms with Crippen LogP contribution in [0.2, 0.25) is 0 Å². The lowest BCUT2D eigenvalue weighted by Gasteiger charge is -2.09. The standard InChI is InChI=1S/C12H16BrN3O3/c1-7-3-8(7)4-14-9-5-15-16(6-10(17)19-2)12(18)11(9)13/h5,7-8,14H,3-4,6H2,1-2H3. The average molecular weight is 330 g/mol. The van der Waals surface area contributed by atoms with Crippen LogP contribution in [-0.2, 0) is 16.1 Å². The van der Waals surface area contributed by atoms with Gasteiger partial charge in [0.15, 0.2) is 0 Å². The summed E-state index contributed by atoms with van der Waals surface area (Å²) in [6, 6.07) is 0. The van der Waals surface area contributed by atoms with Crippen molar-refractivity contribution in [3.8, 4) is 0 Å². The van der Waals surface area contributed by atoms with Crippen LogP contribution in [0.15, 0.2) is 15.5 Å².